The minimum atomic E-state index is -0.598. The van der Waals surface area contributed by atoms with Crippen LogP contribution in [0.2, 0.25) is 0 Å². The molecule has 0 spiro atoms. The van der Waals surface area contributed by atoms with Gasteiger partial charge in [-0.25, -0.2) is 0 Å². The van der Waals surface area contributed by atoms with E-state index in [0.29, 0.717) is 11.8 Å². The van der Waals surface area contributed by atoms with Crippen LogP contribution in [0.25, 0.3) is 0 Å². The predicted molar refractivity (Wildman–Crippen MR) is 110 cm³/mol. The zero-order valence-electron chi connectivity index (χ0n) is 15.9. The van der Waals surface area contributed by atoms with E-state index in [2.05, 4.69) is 26.8 Å². The van der Waals surface area contributed by atoms with Gasteiger partial charge in [0, 0.05) is 6.04 Å². The number of aliphatic hydroxyl groups excluding tert-OH is 2. The van der Waals surface area contributed by atoms with Crippen molar-refractivity contribution in [1.29, 1.82) is 0 Å². The first-order valence-corrected chi connectivity index (χ1v) is 10.1. The first-order valence-electron chi connectivity index (χ1n) is 10.1. The highest BCUT2D eigenvalue weighted by atomic mass is 35.5. The summed E-state index contributed by atoms with van der Waals surface area (Å²) < 4.78 is 0. The zero-order chi connectivity index (χ0) is 17.3. The number of aliphatic hydroxyl groups is 2. The lowest BCUT2D eigenvalue weighted by molar-refractivity contribution is -0.210. The third kappa shape index (κ3) is 2.80. The summed E-state index contributed by atoms with van der Waals surface area (Å²) in [5.74, 6) is 1.50. The lowest BCUT2D eigenvalue weighted by Gasteiger charge is -2.63. The van der Waals surface area contributed by atoms with Crippen LogP contribution in [0.15, 0.2) is 11.6 Å². The molecule has 0 aromatic rings. The van der Waals surface area contributed by atoms with E-state index < -0.39 is 12.2 Å². The number of rotatable bonds is 0. The number of fused-ring (bicyclic) bond motifs is 5. The molecule has 0 aromatic heterocycles. The third-order valence-electron chi connectivity index (χ3n) is 8.99. The predicted octanol–water partition coefficient (Wildman–Crippen LogP) is 4.30. The molecular formula is C22H40ClNO2. The smallest absolute Gasteiger partial charge is 0.0836 e. The fraction of sp³-hybridized carbons (Fsp3) is 0.909. The van der Waals surface area contributed by atoms with Gasteiger partial charge in [0.25, 0.3) is 0 Å². The van der Waals surface area contributed by atoms with Crippen molar-refractivity contribution in [3.63, 3.8) is 0 Å². The first kappa shape index (κ1) is 22.2. The molecule has 26 heavy (non-hydrogen) atoms. The van der Waals surface area contributed by atoms with E-state index in [0.717, 1.165) is 19.3 Å². The van der Waals surface area contributed by atoms with Crippen molar-refractivity contribution >= 4 is 12.4 Å². The standard InChI is InChI=1S/C21H35NO2.CH4.ClH/c1-4-12-5-6-14-17-15(8-10-20(12,14)2)21(3)9-7-13(22)11-16(21)18(23)19(17)24;;/h4,13-19,23-24H,5-11,22H2,1-3H3;1H4;1H/b12-4+;;/t13-,14?,15?,16?,17?,18+,19+,20+,21+;;/m0../s1. The molecule has 4 saturated carbocycles. The normalized spacial score (nSPS) is 54.4. The van der Waals surface area contributed by atoms with Crippen LogP contribution in [0.1, 0.15) is 73.1 Å². The molecule has 4 unspecified atom stereocenters. The van der Waals surface area contributed by atoms with E-state index >= 15 is 0 Å². The Labute approximate surface area is 166 Å². The van der Waals surface area contributed by atoms with Crippen LogP contribution in [0.3, 0.4) is 0 Å². The summed E-state index contributed by atoms with van der Waals surface area (Å²) in [6.45, 7) is 6.98. The summed E-state index contributed by atoms with van der Waals surface area (Å²) in [5, 5.41) is 22.1. The molecule has 0 aromatic carbocycles. The minimum absolute atomic E-state index is 0. The number of nitrogens with two attached hydrogens (primary N) is 1. The summed E-state index contributed by atoms with van der Waals surface area (Å²) in [6.07, 6.45) is 9.01. The van der Waals surface area contributed by atoms with Gasteiger partial charge in [0.1, 0.15) is 0 Å². The summed E-state index contributed by atoms with van der Waals surface area (Å²) in [7, 11) is 0. The Morgan fingerprint density at radius 3 is 2.35 bits per heavy atom. The molecular weight excluding hydrogens is 346 g/mol. The summed E-state index contributed by atoms with van der Waals surface area (Å²) >= 11 is 0. The van der Waals surface area contributed by atoms with Gasteiger partial charge in [0.2, 0.25) is 0 Å². The second-order valence-electron chi connectivity index (χ2n) is 9.73. The molecule has 0 heterocycles. The molecule has 4 fully saturated rings. The minimum Gasteiger partial charge on any atom is -0.390 e. The van der Waals surface area contributed by atoms with Gasteiger partial charge in [-0.1, -0.05) is 32.9 Å². The van der Waals surface area contributed by atoms with Gasteiger partial charge in [-0.3, -0.25) is 0 Å². The van der Waals surface area contributed by atoms with E-state index in [1.165, 1.54) is 25.7 Å². The Morgan fingerprint density at radius 1 is 1.00 bits per heavy atom. The molecule has 4 aliphatic carbocycles. The summed E-state index contributed by atoms with van der Waals surface area (Å²) in [4.78, 5) is 0. The fourth-order valence-corrected chi connectivity index (χ4v) is 7.61. The maximum absolute atomic E-state index is 11.1. The van der Waals surface area contributed by atoms with Crippen LogP contribution >= 0.6 is 12.4 Å². The molecule has 3 nitrogen and oxygen atoms in total. The average Bonchev–Trinajstić information content (AvgIpc) is 2.90. The molecule has 4 aliphatic rings. The molecule has 0 saturated heterocycles. The van der Waals surface area contributed by atoms with Crippen LogP contribution < -0.4 is 5.73 Å². The van der Waals surface area contributed by atoms with Crippen LogP contribution in [0.5, 0.6) is 0 Å². The number of halogens is 1. The lowest BCUT2D eigenvalue weighted by atomic mass is 9.43. The molecule has 0 amide bonds. The Bertz CT molecular complexity index is 552. The Kier molecular flexibility index (Phi) is 6.31. The van der Waals surface area contributed by atoms with Crippen molar-refractivity contribution in [3.8, 4) is 0 Å². The first-order chi connectivity index (χ1) is 11.3. The number of allylic oxidation sites excluding steroid dienone is 2. The highest BCUT2D eigenvalue weighted by Gasteiger charge is 2.63. The highest BCUT2D eigenvalue weighted by Crippen LogP contribution is 2.67. The van der Waals surface area contributed by atoms with Crippen molar-refractivity contribution in [2.24, 2.45) is 40.2 Å². The van der Waals surface area contributed by atoms with E-state index in [1.54, 1.807) is 5.57 Å². The van der Waals surface area contributed by atoms with Gasteiger partial charge < -0.3 is 15.9 Å². The van der Waals surface area contributed by atoms with Gasteiger partial charge >= 0.3 is 0 Å². The molecule has 4 heteroatoms. The van der Waals surface area contributed by atoms with Crippen LogP contribution in [0, 0.1) is 34.5 Å². The fourth-order valence-electron chi connectivity index (χ4n) is 7.61. The van der Waals surface area contributed by atoms with Gasteiger partial charge in [0.05, 0.1) is 12.2 Å². The molecule has 0 aliphatic heterocycles. The molecule has 9 atom stereocenters. The van der Waals surface area contributed by atoms with E-state index in [1.807, 2.05) is 0 Å². The van der Waals surface area contributed by atoms with E-state index in [9.17, 15) is 10.2 Å². The Hall–Kier alpha value is -0.0900. The summed E-state index contributed by atoms with van der Waals surface area (Å²) in [6, 6.07) is 0.191. The van der Waals surface area contributed by atoms with Crippen molar-refractivity contribution in [1.82, 2.24) is 0 Å². The number of hydrogen-bond acceptors (Lipinski definition) is 3. The third-order valence-corrected chi connectivity index (χ3v) is 8.99. The van der Waals surface area contributed by atoms with E-state index in [4.69, 9.17) is 5.73 Å². The maximum Gasteiger partial charge on any atom is 0.0836 e. The maximum atomic E-state index is 11.1. The SMILES string of the molecule is C.C/C=C1\CCC2C3C(CC[C@]12C)[C@@]1(C)CC[C@H](N)CC1[C@@H](O)[C@@H]3O.Cl. The molecule has 152 valence electrons. The number of hydrogen-bond donors (Lipinski definition) is 3. The van der Waals surface area contributed by atoms with Gasteiger partial charge in [-0.15, -0.1) is 12.4 Å². The van der Waals surface area contributed by atoms with Crippen molar-refractivity contribution in [2.45, 2.75) is 91.4 Å². The Balaban J connectivity index is 0.00000121. The zero-order valence-corrected chi connectivity index (χ0v) is 16.8. The van der Waals surface area contributed by atoms with E-state index in [-0.39, 0.29) is 48.5 Å². The van der Waals surface area contributed by atoms with Gasteiger partial charge in [-0.05, 0) is 86.4 Å². The molecule has 4 N–H and O–H groups in total. The largest absolute Gasteiger partial charge is 0.390 e. The van der Waals surface area contributed by atoms with Crippen LogP contribution in [-0.2, 0) is 0 Å². The van der Waals surface area contributed by atoms with Crippen molar-refractivity contribution < 1.29 is 10.2 Å². The van der Waals surface area contributed by atoms with Gasteiger partial charge in [0.15, 0.2) is 0 Å². The average molecular weight is 386 g/mol. The molecule has 4 rings (SSSR count). The second kappa shape index (κ2) is 7.39. The lowest BCUT2D eigenvalue weighted by Crippen LogP contribution is -2.64. The second-order valence-corrected chi connectivity index (χ2v) is 9.73. The quantitative estimate of drug-likeness (QED) is 0.544. The van der Waals surface area contributed by atoms with Crippen LogP contribution in [0.4, 0.5) is 0 Å². The highest BCUT2D eigenvalue weighted by molar-refractivity contribution is 5.85. The van der Waals surface area contributed by atoms with Crippen LogP contribution in [-0.4, -0.2) is 28.5 Å². The topological polar surface area (TPSA) is 66.5 Å². The Morgan fingerprint density at radius 2 is 1.69 bits per heavy atom. The van der Waals surface area contributed by atoms with Crippen molar-refractivity contribution in [2.75, 3.05) is 0 Å². The monoisotopic (exact) mass is 385 g/mol. The summed E-state index contributed by atoms with van der Waals surface area (Å²) in [5.41, 5.74) is 8.20. The van der Waals surface area contributed by atoms with Crippen molar-refractivity contribution in [3.05, 3.63) is 11.6 Å². The van der Waals surface area contributed by atoms with Gasteiger partial charge in [-0.2, -0.15) is 0 Å². The molecule has 0 radical (unpaired) electrons. The molecule has 0 bridgehead atoms.